The van der Waals surface area contributed by atoms with Gasteiger partial charge < -0.3 is 33.8 Å². The average molecular weight is 1490 g/mol. The molecule has 17 nitrogen and oxygen atoms in total. The number of carbonyl (C=O) groups excluding carboxylic acids is 4. The number of rotatable bonds is 81. The third-order valence-corrected chi connectivity index (χ3v) is 21.6. The van der Waals surface area contributed by atoms with E-state index in [1.807, 2.05) is 0 Å². The van der Waals surface area contributed by atoms with Crippen LogP contribution in [-0.4, -0.2) is 96.7 Å². The van der Waals surface area contributed by atoms with Crippen molar-refractivity contribution in [2.75, 3.05) is 39.6 Å². The van der Waals surface area contributed by atoms with E-state index in [1.165, 1.54) is 244 Å². The van der Waals surface area contributed by atoms with Crippen molar-refractivity contribution in [3.8, 4) is 0 Å². The van der Waals surface area contributed by atoms with E-state index in [0.29, 0.717) is 25.7 Å². The lowest BCUT2D eigenvalue weighted by Crippen LogP contribution is -2.30. The molecule has 0 rings (SSSR count). The van der Waals surface area contributed by atoms with Gasteiger partial charge in [-0.25, -0.2) is 9.13 Å². The lowest BCUT2D eigenvalue weighted by atomic mass is 9.99. The molecule has 0 fully saturated rings. The van der Waals surface area contributed by atoms with E-state index in [0.717, 1.165) is 108 Å². The number of esters is 4. The van der Waals surface area contributed by atoms with Crippen molar-refractivity contribution in [3.63, 3.8) is 0 Å². The van der Waals surface area contributed by atoms with E-state index in [-0.39, 0.29) is 25.7 Å². The molecule has 0 aromatic rings. The summed E-state index contributed by atoms with van der Waals surface area (Å²) in [5, 5.41) is 10.7. The molecule has 3 N–H and O–H groups in total. The minimum absolute atomic E-state index is 0.105. The molecule has 0 aliphatic carbocycles. The van der Waals surface area contributed by atoms with Crippen LogP contribution < -0.4 is 0 Å². The van der Waals surface area contributed by atoms with E-state index < -0.39 is 97.5 Å². The van der Waals surface area contributed by atoms with E-state index in [4.69, 9.17) is 37.0 Å². The SMILES string of the molecule is CCCCCCCCCCCCCCCCCCCCCCCC(=O)O[C@H](COC(=O)CCCCCCCCCCCCCCCCCC(C)C)COP(=O)(O)OC[C@@H](O)COP(=O)(O)OC[C@@H](COC(=O)CCCCCCCCCCC(C)C)OC(=O)CCCCCCCCCCC(C)CC. The zero-order chi connectivity index (χ0) is 75.1. The molecule has 3 unspecified atom stereocenters. The molecule has 102 heavy (non-hydrogen) atoms. The lowest BCUT2D eigenvalue weighted by molar-refractivity contribution is -0.161. The van der Waals surface area contributed by atoms with Crippen molar-refractivity contribution in [3.05, 3.63) is 0 Å². The van der Waals surface area contributed by atoms with E-state index in [9.17, 15) is 43.2 Å². The van der Waals surface area contributed by atoms with Gasteiger partial charge in [0.25, 0.3) is 0 Å². The summed E-state index contributed by atoms with van der Waals surface area (Å²) in [5.41, 5.74) is 0. The Morgan fingerprint density at radius 2 is 0.500 bits per heavy atom. The third kappa shape index (κ3) is 74.9. The van der Waals surface area contributed by atoms with Crippen molar-refractivity contribution in [2.45, 2.75) is 452 Å². The number of hydrogen-bond donors (Lipinski definition) is 3. The minimum Gasteiger partial charge on any atom is -0.462 e. The normalized spacial score (nSPS) is 14.2. The maximum absolute atomic E-state index is 13.1. The lowest BCUT2D eigenvalue weighted by Gasteiger charge is -2.21. The molecule has 0 radical (unpaired) electrons. The molecule has 6 atom stereocenters. The zero-order valence-electron chi connectivity index (χ0n) is 67.1. The summed E-state index contributed by atoms with van der Waals surface area (Å²) >= 11 is 0. The first kappa shape index (κ1) is 100. The van der Waals surface area contributed by atoms with Crippen molar-refractivity contribution < 1.29 is 80.2 Å². The van der Waals surface area contributed by atoms with E-state index in [2.05, 4.69) is 48.5 Å². The third-order valence-electron chi connectivity index (χ3n) is 19.7. The van der Waals surface area contributed by atoms with Crippen LogP contribution in [0.1, 0.15) is 434 Å². The minimum atomic E-state index is -4.96. The number of aliphatic hydroxyl groups is 1. The molecule has 0 saturated carbocycles. The second-order valence-corrected chi connectivity index (χ2v) is 34.0. The van der Waals surface area contributed by atoms with Crippen LogP contribution in [0.2, 0.25) is 0 Å². The summed E-state index contributed by atoms with van der Waals surface area (Å²) in [6.45, 7) is 11.9. The number of carbonyl (C=O) groups is 4. The van der Waals surface area contributed by atoms with Crippen LogP contribution in [-0.2, 0) is 65.4 Å². The number of phosphoric acid groups is 2. The predicted molar refractivity (Wildman–Crippen MR) is 418 cm³/mol. The standard InChI is InChI=1S/C83H162O17P2/c1-8-10-11-12-13-14-15-16-17-18-19-20-21-22-25-29-32-35-45-52-59-66-82(87)99-78(70-93-80(85)64-57-50-43-34-31-28-26-23-24-27-30-33-40-47-54-61-74(3)4)72-97-101(89,90)95-68-77(84)69-96-102(91,92)98-73-79(71-94-81(86)65-58-51-44-38-36-41-48-55-62-75(5)6)100-83(88)67-60-53-46-39-37-42-49-56-63-76(7)9-2/h74-79,84H,8-73H2,1-7H3,(H,89,90)(H,91,92)/t76?,77-,78-,79-/m1/s1. The second-order valence-electron chi connectivity index (χ2n) is 31.1. The Labute approximate surface area is 626 Å². The summed E-state index contributed by atoms with van der Waals surface area (Å²) in [5.74, 6) is 0.190. The molecular weight excluding hydrogens is 1330 g/mol. The van der Waals surface area contributed by atoms with Crippen LogP contribution in [0, 0.1) is 17.8 Å². The van der Waals surface area contributed by atoms with Gasteiger partial charge in [-0.2, -0.15) is 0 Å². The highest BCUT2D eigenvalue weighted by Gasteiger charge is 2.30. The van der Waals surface area contributed by atoms with Gasteiger partial charge in [0.2, 0.25) is 0 Å². The molecule has 606 valence electrons. The smallest absolute Gasteiger partial charge is 0.462 e. The Bertz CT molecular complexity index is 1980. The molecule has 0 aromatic carbocycles. The molecular formula is C83H162O17P2. The first-order chi connectivity index (χ1) is 49.3. The van der Waals surface area contributed by atoms with Crippen LogP contribution in [0.5, 0.6) is 0 Å². The Morgan fingerprint density at radius 3 is 0.745 bits per heavy atom. The molecule has 0 saturated heterocycles. The fraction of sp³-hybridized carbons (Fsp3) is 0.952. The first-order valence-corrected chi connectivity index (χ1v) is 45.9. The summed E-state index contributed by atoms with van der Waals surface area (Å²) in [4.78, 5) is 73.1. The Kier molecular flexibility index (Phi) is 71.8. The summed E-state index contributed by atoms with van der Waals surface area (Å²) in [6, 6.07) is 0. The Balaban J connectivity index is 5.23. The van der Waals surface area contributed by atoms with Gasteiger partial charge in [0.05, 0.1) is 26.4 Å². The molecule has 0 spiro atoms. The van der Waals surface area contributed by atoms with Crippen LogP contribution in [0.3, 0.4) is 0 Å². The van der Waals surface area contributed by atoms with Gasteiger partial charge in [-0.15, -0.1) is 0 Å². The quantitative estimate of drug-likeness (QED) is 0.0222. The van der Waals surface area contributed by atoms with Crippen molar-refractivity contribution in [1.29, 1.82) is 0 Å². The first-order valence-electron chi connectivity index (χ1n) is 42.9. The van der Waals surface area contributed by atoms with Gasteiger partial charge >= 0.3 is 39.5 Å². The number of aliphatic hydroxyl groups excluding tert-OH is 1. The van der Waals surface area contributed by atoms with Crippen molar-refractivity contribution >= 4 is 39.5 Å². The predicted octanol–water partition coefficient (Wildman–Crippen LogP) is 24.9. The number of phosphoric ester groups is 2. The highest BCUT2D eigenvalue weighted by Crippen LogP contribution is 2.45. The van der Waals surface area contributed by atoms with Crippen LogP contribution in [0.25, 0.3) is 0 Å². The van der Waals surface area contributed by atoms with Gasteiger partial charge in [0.1, 0.15) is 19.3 Å². The average Bonchev–Trinajstić information content (AvgIpc) is 0.908. The largest absolute Gasteiger partial charge is 0.472 e. The second kappa shape index (κ2) is 73.2. The number of hydrogen-bond acceptors (Lipinski definition) is 15. The Morgan fingerprint density at radius 1 is 0.284 bits per heavy atom. The van der Waals surface area contributed by atoms with Crippen molar-refractivity contribution in [1.82, 2.24) is 0 Å². The maximum atomic E-state index is 13.1. The van der Waals surface area contributed by atoms with Crippen LogP contribution in [0.15, 0.2) is 0 Å². The summed E-state index contributed by atoms with van der Waals surface area (Å²) < 4.78 is 68.8. The van der Waals surface area contributed by atoms with Gasteiger partial charge in [0.15, 0.2) is 12.2 Å². The number of unbranched alkanes of at least 4 members (excludes halogenated alkanes) is 48. The van der Waals surface area contributed by atoms with Gasteiger partial charge in [-0.3, -0.25) is 37.3 Å². The van der Waals surface area contributed by atoms with Crippen LogP contribution >= 0.6 is 15.6 Å². The van der Waals surface area contributed by atoms with Gasteiger partial charge in [-0.1, -0.05) is 382 Å². The Hall–Kier alpha value is -1.94. The molecule has 19 heteroatoms. The molecule has 0 aromatic heterocycles. The highest BCUT2D eigenvalue weighted by molar-refractivity contribution is 7.47. The zero-order valence-corrected chi connectivity index (χ0v) is 68.9. The monoisotopic (exact) mass is 1490 g/mol. The van der Waals surface area contributed by atoms with Crippen molar-refractivity contribution in [2.24, 2.45) is 17.8 Å². The molecule has 0 amide bonds. The van der Waals surface area contributed by atoms with Gasteiger partial charge in [-0.05, 0) is 43.4 Å². The molecule has 0 aliphatic heterocycles. The van der Waals surface area contributed by atoms with Gasteiger partial charge in [0, 0.05) is 25.7 Å². The van der Waals surface area contributed by atoms with E-state index in [1.54, 1.807) is 0 Å². The fourth-order valence-corrected chi connectivity index (χ4v) is 14.4. The maximum Gasteiger partial charge on any atom is 0.472 e. The molecule has 0 bridgehead atoms. The molecule has 0 aliphatic rings. The fourth-order valence-electron chi connectivity index (χ4n) is 12.8. The van der Waals surface area contributed by atoms with E-state index >= 15 is 0 Å². The summed E-state index contributed by atoms with van der Waals surface area (Å²) in [7, 11) is -9.92. The highest BCUT2D eigenvalue weighted by atomic mass is 31.2. The summed E-state index contributed by atoms with van der Waals surface area (Å²) in [6.07, 6.45) is 62.6. The molecule has 0 heterocycles. The topological polar surface area (TPSA) is 237 Å². The number of ether oxygens (including phenoxy) is 4. The van der Waals surface area contributed by atoms with Crippen LogP contribution in [0.4, 0.5) is 0 Å².